The van der Waals surface area contributed by atoms with Gasteiger partial charge in [0.2, 0.25) is 5.91 Å². The molecule has 6 nitrogen and oxygen atoms in total. The summed E-state index contributed by atoms with van der Waals surface area (Å²) in [5.41, 5.74) is 4.11. The van der Waals surface area contributed by atoms with Gasteiger partial charge in [0.05, 0.1) is 13.7 Å². The van der Waals surface area contributed by atoms with E-state index in [1.54, 1.807) is 12.0 Å². The first-order valence-electron chi connectivity index (χ1n) is 15.8. The van der Waals surface area contributed by atoms with Crippen molar-refractivity contribution in [3.8, 4) is 5.75 Å². The molecule has 1 heterocycles. The number of amides is 2. The molecule has 228 valence electrons. The van der Waals surface area contributed by atoms with Crippen molar-refractivity contribution in [1.82, 2.24) is 14.4 Å². The van der Waals surface area contributed by atoms with Crippen LogP contribution in [0.25, 0.3) is 0 Å². The van der Waals surface area contributed by atoms with Gasteiger partial charge in [0.25, 0.3) is 5.91 Å². The zero-order valence-corrected chi connectivity index (χ0v) is 26.5. The normalized spacial score (nSPS) is 11.7. The third-order valence-corrected chi connectivity index (χ3v) is 8.10. The van der Waals surface area contributed by atoms with Crippen LogP contribution in [0.4, 0.5) is 0 Å². The molecule has 0 fully saturated rings. The molecule has 0 aliphatic heterocycles. The van der Waals surface area contributed by atoms with Crippen LogP contribution in [0.3, 0.4) is 0 Å². The van der Waals surface area contributed by atoms with Gasteiger partial charge < -0.3 is 19.1 Å². The molecule has 0 radical (unpaired) electrons. The third kappa shape index (κ3) is 9.78. The van der Waals surface area contributed by atoms with Crippen LogP contribution in [0.1, 0.15) is 99.8 Å². The fourth-order valence-corrected chi connectivity index (χ4v) is 5.23. The van der Waals surface area contributed by atoms with Gasteiger partial charge in [-0.3, -0.25) is 9.59 Å². The molecule has 2 aromatic carbocycles. The summed E-state index contributed by atoms with van der Waals surface area (Å²) in [7, 11) is 1.68. The molecule has 1 unspecified atom stereocenters. The number of carbonyl (C=O) groups excluding carboxylic acids is 2. The smallest absolute Gasteiger partial charge is 0.254 e. The maximum absolute atomic E-state index is 13.9. The highest BCUT2D eigenvalue weighted by Gasteiger charge is 2.25. The number of aryl methyl sites for hydroxylation is 1. The van der Waals surface area contributed by atoms with Gasteiger partial charge in [-0.25, -0.2) is 0 Å². The molecule has 1 aromatic heterocycles. The summed E-state index contributed by atoms with van der Waals surface area (Å²) in [6, 6.07) is 20.2. The zero-order chi connectivity index (χ0) is 30.3. The number of benzene rings is 2. The van der Waals surface area contributed by atoms with Gasteiger partial charge in [-0.05, 0) is 80.1 Å². The van der Waals surface area contributed by atoms with Gasteiger partial charge in [-0.1, -0.05) is 70.7 Å². The molecule has 3 aromatic rings. The molecular weight excluding hydrogens is 522 g/mol. The molecule has 3 rings (SSSR count). The monoisotopic (exact) mass is 573 g/mol. The average Bonchev–Trinajstić information content (AvgIpc) is 3.45. The Balaban J connectivity index is 1.76. The number of hydrogen-bond donors (Lipinski definition) is 0. The topological polar surface area (TPSA) is 54.8 Å². The summed E-state index contributed by atoms with van der Waals surface area (Å²) in [5.74, 6) is 0.751. The fourth-order valence-electron chi connectivity index (χ4n) is 5.23. The Bertz CT molecular complexity index is 1230. The van der Waals surface area contributed by atoms with E-state index in [9.17, 15) is 9.59 Å². The number of unbranched alkanes of at least 4 members (excludes halogenated alkanes) is 4. The summed E-state index contributed by atoms with van der Waals surface area (Å²) in [5, 5.41) is 0. The second-order valence-electron chi connectivity index (χ2n) is 11.3. The number of hydrogen-bond acceptors (Lipinski definition) is 3. The van der Waals surface area contributed by atoms with E-state index >= 15 is 0 Å². The van der Waals surface area contributed by atoms with Crippen molar-refractivity contribution in [2.75, 3.05) is 20.2 Å². The average molecular weight is 574 g/mol. The van der Waals surface area contributed by atoms with Crippen molar-refractivity contribution >= 4 is 11.8 Å². The highest BCUT2D eigenvalue weighted by Crippen LogP contribution is 2.18. The highest BCUT2D eigenvalue weighted by atomic mass is 16.5. The van der Waals surface area contributed by atoms with E-state index in [2.05, 4.69) is 62.7 Å². The summed E-state index contributed by atoms with van der Waals surface area (Å²) >= 11 is 0. The molecular formula is C36H51N3O3. The van der Waals surface area contributed by atoms with Crippen LogP contribution in [0.15, 0.2) is 66.9 Å². The Hall–Kier alpha value is -3.54. The van der Waals surface area contributed by atoms with E-state index in [1.165, 1.54) is 18.4 Å². The summed E-state index contributed by atoms with van der Waals surface area (Å²) in [4.78, 5) is 31.3. The summed E-state index contributed by atoms with van der Waals surface area (Å²) in [6.07, 6.45) is 10.5. The van der Waals surface area contributed by atoms with Crippen molar-refractivity contribution in [1.29, 1.82) is 0 Å². The lowest BCUT2D eigenvalue weighted by molar-refractivity contribution is -0.134. The lowest BCUT2D eigenvalue weighted by Crippen LogP contribution is -2.46. The van der Waals surface area contributed by atoms with Crippen molar-refractivity contribution in [3.05, 3.63) is 89.2 Å². The minimum atomic E-state index is -0.0648. The van der Waals surface area contributed by atoms with E-state index in [-0.39, 0.29) is 24.4 Å². The number of aromatic nitrogens is 1. The van der Waals surface area contributed by atoms with Crippen LogP contribution < -0.4 is 4.74 Å². The van der Waals surface area contributed by atoms with Crippen LogP contribution >= 0.6 is 0 Å². The molecule has 0 bridgehead atoms. The first-order valence-corrected chi connectivity index (χ1v) is 15.8. The second-order valence-corrected chi connectivity index (χ2v) is 11.3. The predicted octanol–water partition coefficient (Wildman–Crippen LogP) is 7.74. The first-order chi connectivity index (χ1) is 20.4. The minimum absolute atomic E-state index is 0.0143. The maximum Gasteiger partial charge on any atom is 0.254 e. The number of carbonyl (C=O) groups is 2. The van der Waals surface area contributed by atoms with Crippen molar-refractivity contribution in [2.24, 2.45) is 0 Å². The van der Waals surface area contributed by atoms with E-state index in [1.807, 2.05) is 41.3 Å². The van der Waals surface area contributed by atoms with Gasteiger partial charge in [-0.2, -0.15) is 0 Å². The quantitative estimate of drug-likeness (QED) is 0.146. The molecule has 0 spiro atoms. The van der Waals surface area contributed by atoms with Gasteiger partial charge in [0.15, 0.2) is 0 Å². The highest BCUT2D eigenvalue weighted by molar-refractivity contribution is 5.96. The Morgan fingerprint density at radius 1 is 0.881 bits per heavy atom. The molecule has 1 atom stereocenters. The zero-order valence-electron chi connectivity index (χ0n) is 26.5. The van der Waals surface area contributed by atoms with E-state index in [4.69, 9.17) is 4.74 Å². The van der Waals surface area contributed by atoms with Crippen molar-refractivity contribution in [2.45, 2.75) is 98.2 Å². The Labute approximate surface area is 253 Å². The SMILES string of the molecule is CCCCCc1ccc(C(=O)N(CCCCC)CC(=O)N(Cc2cccn2Cc2cccc(OC)c2)C(C)CC)cc1. The molecule has 0 aliphatic rings. The molecule has 0 aliphatic carbocycles. The molecule has 0 saturated carbocycles. The van der Waals surface area contributed by atoms with E-state index in [0.717, 1.165) is 55.5 Å². The minimum Gasteiger partial charge on any atom is -0.497 e. The lowest BCUT2D eigenvalue weighted by atomic mass is 10.0. The van der Waals surface area contributed by atoms with Gasteiger partial charge >= 0.3 is 0 Å². The summed E-state index contributed by atoms with van der Waals surface area (Å²) in [6.45, 7) is 10.4. The molecule has 0 N–H and O–H groups in total. The number of methoxy groups -OCH3 is 1. The number of ether oxygens (including phenoxy) is 1. The Morgan fingerprint density at radius 3 is 2.31 bits per heavy atom. The van der Waals surface area contributed by atoms with Crippen LogP contribution in [0.5, 0.6) is 5.75 Å². The van der Waals surface area contributed by atoms with Crippen LogP contribution in [0, 0.1) is 0 Å². The largest absolute Gasteiger partial charge is 0.497 e. The molecule has 0 saturated heterocycles. The van der Waals surface area contributed by atoms with Gasteiger partial charge in [-0.15, -0.1) is 0 Å². The maximum atomic E-state index is 13.9. The fraction of sp³-hybridized carbons (Fsp3) is 0.500. The summed E-state index contributed by atoms with van der Waals surface area (Å²) < 4.78 is 7.58. The first kappa shape index (κ1) is 33.0. The standard InChI is InChI=1S/C36H51N3O3/c1-6-9-11-15-30-19-21-32(22-20-30)36(41)38(23-12-10-7-2)28-35(40)39(29(4)8-3)27-33-17-14-24-37(33)26-31-16-13-18-34(25-31)42-5/h13-14,16-22,24-25,29H,6-12,15,23,26-28H2,1-5H3. The predicted molar refractivity (Wildman–Crippen MR) is 172 cm³/mol. The van der Waals surface area contributed by atoms with Crippen LogP contribution in [0.2, 0.25) is 0 Å². The number of rotatable bonds is 18. The molecule has 42 heavy (non-hydrogen) atoms. The Morgan fingerprint density at radius 2 is 1.62 bits per heavy atom. The lowest BCUT2D eigenvalue weighted by Gasteiger charge is -2.32. The van der Waals surface area contributed by atoms with Crippen LogP contribution in [-0.2, 0) is 24.3 Å². The van der Waals surface area contributed by atoms with Crippen LogP contribution in [-0.4, -0.2) is 52.4 Å². The van der Waals surface area contributed by atoms with E-state index in [0.29, 0.717) is 25.2 Å². The van der Waals surface area contributed by atoms with E-state index < -0.39 is 0 Å². The second kappa shape index (κ2) is 17.4. The van der Waals surface area contributed by atoms with Gasteiger partial charge in [0, 0.05) is 36.6 Å². The van der Waals surface area contributed by atoms with Gasteiger partial charge in [0.1, 0.15) is 12.3 Å². The molecule has 6 heteroatoms. The Kier molecular flexibility index (Phi) is 13.7. The van der Waals surface area contributed by atoms with Crippen molar-refractivity contribution in [3.63, 3.8) is 0 Å². The molecule has 2 amide bonds. The van der Waals surface area contributed by atoms with Crippen molar-refractivity contribution < 1.29 is 14.3 Å². The number of nitrogens with zero attached hydrogens (tertiary/aromatic N) is 3. The third-order valence-electron chi connectivity index (χ3n) is 8.10.